The van der Waals surface area contributed by atoms with E-state index >= 15 is 0 Å². The zero-order valence-corrected chi connectivity index (χ0v) is 13.2. The van der Waals surface area contributed by atoms with E-state index in [0.717, 1.165) is 5.01 Å². The summed E-state index contributed by atoms with van der Waals surface area (Å²) in [6.45, 7) is 1.43. The van der Waals surface area contributed by atoms with Crippen LogP contribution in [-0.4, -0.2) is 40.2 Å². The Morgan fingerprint density at radius 1 is 1.08 bits per heavy atom. The number of carboxylic acid groups (broad SMARTS) is 1. The van der Waals surface area contributed by atoms with Crippen molar-refractivity contribution in [1.82, 2.24) is 5.01 Å². The number of amides is 2. The molecular formula is C18H14N2O5. The monoisotopic (exact) mass is 338 g/mol. The molecule has 0 spiro atoms. The summed E-state index contributed by atoms with van der Waals surface area (Å²) >= 11 is 0. The first-order valence-corrected chi connectivity index (χ1v) is 7.48. The first kappa shape index (κ1) is 16.4. The Balaban J connectivity index is 1.72. The van der Waals surface area contributed by atoms with Crippen molar-refractivity contribution >= 4 is 24.0 Å². The fourth-order valence-corrected chi connectivity index (χ4v) is 2.29. The third-order valence-electron chi connectivity index (χ3n) is 3.64. The van der Waals surface area contributed by atoms with Gasteiger partial charge in [-0.25, -0.2) is 4.79 Å². The standard InChI is InChI=1S/C18H14N2O5/c1-11(18(23)24)25-13-8-6-12(7-9-13)10-19-20-16(21)14-4-2-3-5-15(14)17(20)22/h2-11H,1H3,(H,23,24)/b19-10-/t11-/m1/s1. The fourth-order valence-electron chi connectivity index (χ4n) is 2.29. The van der Waals surface area contributed by atoms with E-state index in [0.29, 0.717) is 22.4 Å². The van der Waals surface area contributed by atoms with Gasteiger partial charge in [-0.15, -0.1) is 0 Å². The molecule has 0 radical (unpaired) electrons. The Hall–Kier alpha value is -3.48. The number of rotatable bonds is 5. The number of aliphatic carboxylic acids is 1. The predicted molar refractivity (Wildman–Crippen MR) is 88.7 cm³/mol. The normalized spacial score (nSPS) is 14.7. The summed E-state index contributed by atoms with van der Waals surface area (Å²) in [6, 6.07) is 13.0. The van der Waals surface area contributed by atoms with Gasteiger partial charge >= 0.3 is 5.97 Å². The summed E-state index contributed by atoms with van der Waals surface area (Å²) in [6.07, 6.45) is 0.421. The zero-order chi connectivity index (χ0) is 18.0. The Labute approximate surface area is 143 Å². The molecule has 0 aliphatic carbocycles. The number of ether oxygens (including phenoxy) is 1. The molecule has 0 aromatic heterocycles. The molecule has 0 saturated carbocycles. The lowest BCUT2D eigenvalue weighted by atomic mass is 10.1. The molecule has 2 amide bonds. The molecule has 0 fully saturated rings. The smallest absolute Gasteiger partial charge is 0.344 e. The molecule has 1 N–H and O–H groups in total. The number of benzene rings is 2. The van der Waals surface area contributed by atoms with E-state index < -0.39 is 23.9 Å². The van der Waals surface area contributed by atoms with Gasteiger partial charge in [-0.05, 0) is 48.9 Å². The topological polar surface area (TPSA) is 96.3 Å². The quantitative estimate of drug-likeness (QED) is 0.666. The van der Waals surface area contributed by atoms with Gasteiger partial charge in [0.25, 0.3) is 11.8 Å². The predicted octanol–water partition coefficient (Wildman–Crippen LogP) is 2.17. The van der Waals surface area contributed by atoms with Crippen molar-refractivity contribution in [2.45, 2.75) is 13.0 Å². The molecule has 1 atom stereocenters. The molecule has 7 heteroatoms. The van der Waals surface area contributed by atoms with E-state index in [1.807, 2.05) is 0 Å². The van der Waals surface area contributed by atoms with Gasteiger partial charge < -0.3 is 9.84 Å². The highest BCUT2D eigenvalue weighted by Gasteiger charge is 2.35. The van der Waals surface area contributed by atoms with Crippen LogP contribution >= 0.6 is 0 Å². The molecular weight excluding hydrogens is 324 g/mol. The van der Waals surface area contributed by atoms with Crippen LogP contribution < -0.4 is 4.74 Å². The molecule has 7 nitrogen and oxygen atoms in total. The van der Waals surface area contributed by atoms with Crippen LogP contribution in [0.5, 0.6) is 5.75 Å². The van der Waals surface area contributed by atoms with E-state index in [4.69, 9.17) is 9.84 Å². The Morgan fingerprint density at radius 2 is 1.64 bits per heavy atom. The zero-order valence-electron chi connectivity index (χ0n) is 13.2. The van der Waals surface area contributed by atoms with Crippen molar-refractivity contribution in [2.75, 3.05) is 0 Å². The highest BCUT2D eigenvalue weighted by molar-refractivity contribution is 6.21. The van der Waals surface area contributed by atoms with Crippen LogP contribution in [0.15, 0.2) is 53.6 Å². The Kier molecular flexibility index (Phi) is 4.30. The van der Waals surface area contributed by atoms with Gasteiger partial charge in [-0.2, -0.15) is 10.1 Å². The minimum absolute atomic E-state index is 0.330. The minimum Gasteiger partial charge on any atom is -0.479 e. The average molecular weight is 338 g/mol. The Morgan fingerprint density at radius 3 is 2.16 bits per heavy atom. The third-order valence-corrected chi connectivity index (χ3v) is 3.64. The number of imide groups is 1. The van der Waals surface area contributed by atoms with Gasteiger partial charge in [-0.3, -0.25) is 9.59 Å². The number of hydrogen-bond donors (Lipinski definition) is 1. The molecule has 0 bridgehead atoms. The third kappa shape index (κ3) is 3.25. The largest absolute Gasteiger partial charge is 0.479 e. The van der Waals surface area contributed by atoms with Crippen LogP contribution in [0.1, 0.15) is 33.2 Å². The van der Waals surface area contributed by atoms with Crippen molar-refractivity contribution in [3.8, 4) is 5.75 Å². The average Bonchev–Trinajstić information content (AvgIpc) is 2.85. The second kappa shape index (κ2) is 6.56. The van der Waals surface area contributed by atoms with Crippen LogP contribution in [0.25, 0.3) is 0 Å². The molecule has 1 aliphatic rings. The SMILES string of the molecule is C[C@@H](Oc1ccc(/C=N\N2C(=O)c3ccccc3C2=O)cc1)C(=O)O. The molecule has 3 rings (SSSR count). The summed E-state index contributed by atoms with van der Waals surface area (Å²) in [5.41, 5.74) is 1.29. The van der Waals surface area contributed by atoms with Crippen molar-refractivity contribution in [3.05, 3.63) is 65.2 Å². The highest BCUT2D eigenvalue weighted by atomic mass is 16.5. The lowest BCUT2D eigenvalue weighted by Crippen LogP contribution is -2.24. The molecule has 1 aliphatic heterocycles. The number of nitrogens with zero attached hydrogens (tertiary/aromatic N) is 2. The van der Waals surface area contributed by atoms with Crippen LogP contribution in [-0.2, 0) is 4.79 Å². The van der Waals surface area contributed by atoms with E-state index in [1.54, 1.807) is 48.5 Å². The van der Waals surface area contributed by atoms with Gasteiger partial charge in [0.15, 0.2) is 6.10 Å². The van der Waals surface area contributed by atoms with Crippen molar-refractivity contribution in [2.24, 2.45) is 5.10 Å². The second-order valence-corrected chi connectivity index (χ2v) is 5.38. The summed E-state index contributed by atoms with van der Waals surface area (Å²) in [4.78, 5) is 35.1. The van der Waals surface area contributed by atoms with Crippen LogP contribution in [0.2, 0.25) is 0 Å². The second-order valence-electron chi connectivity index (χ2n) is 5.38. The van der Waals surface area contributed by atoms with Crippen molar-refractivity contribution in [3.63, 3.8) is 0 Å². The van der Waals surface area contributed by atoms with E-state index in [-0.39, 0.29) is 0 Å². The molecule has 1 heterocycles. The van der Waals surface area contributed by atoms with Gasteiger partial charge in [-0.1, -0.05) is 12.1 Å². The maximum atomic E-state index is 12.2. The van der Waals surface area contributed by atoms with Crippen molar-refractivity contribution < 1.29 is 24.2 Å². The maximum absolute atomic E-state index is 12.2. The number of fused-ring (bicyclic) bond motifs is 1. The first-order chi connectivity index (χ1) is 12.0. The van der Waals surface area contributed by atoms with Crippen LogP contribution in [0.4, 0.5) is 0 Å². The molecule has 0 saturated heterocycles. The van der Waals surface area contributed by atoms with Gasteiger partial charge in [0, 0.05) is 0 Å². The summed E-state index contributed by atoms with van der Waals surface area (Å²) < 4.78 is 5.22. The van der Waals surface area contributed by atoms with Crippen LogP contribution in [0, 0.1) is 0 Å². The van der Waals surface area contributed by atoms with Gasteiger partial charge in [0.05, 0.1) is 17.3 Å². The number of carboxylic acids is 1. The molecule has 2 aromatic carbocycles. The number of carbonyl (C=O) groups is 3. The molecule has 2 aromatic rings. The summed E-state index contributed by atoms with van der Waals surface area (Å²) in [5.74, 6) is -1.59. The van der Waals surface area contributed by atoms with Crippen molar-refractivity contribution in [1.29, 1.82) is 0 Å². The summed E-state index contributed by atoms with van der Waals surface area (Å²) in [5, 5.41) is 13.6. The lowest BCUT2D eigenvalue weighted by molar-refractivity contribution is -0.144. The Bertz CT molecular complexity index is 838. The van der Waals surface area contributed by atoms with Gasteiger partial charge in [0.2, 0.25) is 0 Å². The first-order valence-electron chi connectivity index (χ1n) is 7.48. The number of hydrogen-bond acceptors (Lipinski definition) is 5. The fraction of sp³-hybridized carbons (Fsp3) is 0.111. The lowest BCUT2D eigenvalue weighted by Gasteiger charge is -2.10. The highest BCUT2D eigenvalue weighted by Crippen LogP contribution is 2.22. The van der Waals surface area contributed by atoms with E-state index in [9.17, 15) is 14.4 Å². The van der Waals surface area contributed by atoms with E-state index in [1.165, 1.54) is 13.1 Å². The molecule has 25 heavy (non-hydrogen) atoms. The molecule has 126 valence electrons. The van der Waals surface area contributed by atoms with Crippen LogP contribution in [0.3, 0.4) is 0 Å². The number of hydrazone groups is 1. The molecule has 0 unspecified atom stereocenters. The maximum Gasteiger partial charge on any atom is 0.344 e. The van der Waals surface area contributed by atoms with Gasteiger partial charge in [0.1, 0.15) is 5.75 Å². The number of carbonyl (C=O) groups excluding carboxylic acids is 2. The summed E-state index contributed by atoms with van der Waals surface area (Å²) in [7, 11) is 0. The van der Waals surface area contributed by atoms with E-state index in [2.05, 4.69) is 5.10 Å². The minimum atomic E-state index is -1.06.